The first kappa shape index (κ1) is 10.1. The summed E-state index contributed by atoms with van der Waals surface area (Å²) in [7, 11) is 2.02. The van der Waals surface area contributed by atoms with Gasteiger partial charge in [-0.1, -0.05) is 6.92 Å². The Morgan fingerprint density at radius 1 is 1.55 bits per heavy atom. The van der Waals surface area contributed by atoms with Gasteiger partial charge in [-0.2, -0.15) is 5.10 Å². The topological polar surface area (TPSA) is 28.0 Å². The van der Waals surface area contributed by atoms with Gasteiger partial charge < -0.3 is 4.90 Å². The summed E-state index contributed by atoms with van der Waals surface area (Å²) in [5.74, 6) is 0.963. The van der Waals surface area contributed by atoms with Crippen LogP contribution in [0.2, 0.25) is 0 Å². The molecule has 0 heterocycles. The molecule has 3 nitrogen and oxygen atoms in total. The van der Waals surface area contributed by atoms with E-state index in [0.717, 1.165) is 18.8 Å². The largest absolute Gasteiger partial charge is 0.362 e. The molecule has 0 saturated carbocycles. The summed E-state index contributed by atoms with van der Waals surface area (Å²) in [6.45, 7) is 7.00. The van der Waals surface area contributed by atoms with Gasteiger partial charge in [0.2, 0.25) is 0 Å². The third kappa shape index (κ3) is 4.53. The minimum absolute atomic E-state index is 0.963. The fourth-order valence-electron chi connectivity index (χ4n) is 0.715. The number of hydrogen-bond acceptors (Lipinski definition) is 2. The summed E-state index contributed by atoms with van der Waals surface area (Å²) in [5, 5.41) is 7.77. The van der Waals surface area contributed by atoms with Crippen molar-refractivity contribution >= 4 is 12.1 Å². The van der Waals surface area contributed by atoms with Crippen molar-refractivity contribution in [3.05, 3.63) is 0 Å². The molecule has 0 aliphatic rings. The van der Waals surface area contributed by atoms with Crippen molar-refractivity contribution in [2.45, 2.75) is 27.2 Å². The SMILES string of the molecule is C/C=N\N=C(\C)N(C)CCC. The first-order valence-corrected chi connectivity index (χ1v) is 3.95. The minimum atomic E-state index is 0.963. The van der Waals surface area contributed by atoms with Gasteiger partial charge in [0.05, 0.1) is 0 Å². The predicted molar refractivity (Wildman–Crippen MR) is 50.2 cm³/mol. The van der Waals surface area contributed by atoms with E-state index >= 15 is 0 Å². The molecule has 0 bridgehead atoms. The van der Waals surface area contributed by atoms with Gasteiger partial charge in [0.1, 0.15) is 5.84 Å². The van der Waals surface area contributed by atoms with Crippen molar-refractivity contribution in [1.82, 2.24) is 4.90 Å². The maximum Gasteiger partial charge on any atom is 0.124 e. The summed E-state index contributed by atoms with van der Waals surface area (Å²) in [5.41, 5.74) is 0. The molecule has 11 heavy (non-hydrogen) atoms. The van der Waals surface area contributed by atoms with E-state index in [1.807, 2.05) is 20.9 Å². The Labute approximate surface area is 68.8 Å². The normalized spacial score (nSPS) is 12.5. The molecule has 3 heteroatoms. The molecule has 0 atom stereocenters. The fraction of sp³-hybridized carbons (Fsp3) is 0.750. The molecule has 0 N–H and O–H groups in total. The average Bonchev–Trinajstić information content (AvgIpc) is 2.00. The second kappa shape index (κ2) is 5.89. The van der Waals surface area contributed by atoms with Gasteiger partial charge >= 0.3 is 0 Å². The first-order valence-electron chi connectivity index (χ1n) is 3.95. The van der Waals surface area contributed by atoms with Gasteiger partial charge in [0.15, 0.2) is 0 Å². The monoisotopic (exact) mass is 155 g/mol. The van der Waals surface area contributed by atoms with E-state index in [9.17, 15) is 0 Å². The van der Waals surface area contributed by atoms with E-state index in [2.05, 4.69) is 22.0 Å². The summed E-state index contributed by atoms with van der Waals surface area (Å²) in [6.07, 6.45) is 2.82. The van der Waals surface area contributed by atoms with E-state index in [-0.39, 0.29) is 0 Å². The van der Waals surface area contributed by atoms with Gasteiger partial charge in [-0.05, 0) is 20.3 Å². The molecular formula is C8H17N3. The molecule has 0 aliphatic carbocycles. The van der Waals surface area contributed by atoms with E-state index in [1.165, 1.54) is 0 Å². The summed E-state index contributed by atoms with van der Waals surface area (Å²) < 4.78 is 0. The number of amidine groups is 1. The van der Waals surface area contributed by atoms with Gasteiger partial charge in [-0.15, -0.1) is 5.10 Å². The summed E-state index contributed by atoms with van der Waals surface area (Å²) in [4.78, 5) is 2.09. The van der Waals surface area contributed by atoms with Crippen molar-refractivity contribution in [2.24, 2.45) is 10.2 Å². The average molecular weight is 155 g/mol. The molecule has 0 amide bonds. The van der Waals surface area contributed by atoms with Crippen molar-refractivity contribution in [3.63, 3.8) is 0 Å². The van der Waals surface area contributed by atoms with Crippen molar-refractivity contribution in [3.8, 4) is 0 Å². The van der Waals surface area contributed by atoms with Gasteiger partial charge in [0, 0.05) is 19.8 Å². The lowest BCUT2D eigenvalue weighted by atomic mass is 10.4. The van der Waals surface area contributed by atoms with Crippen LogP contribution >= 0.6 is 0 Å². The standard InChI is InChI=1S/C8H17N3/c1-5-7-11(4)8(3)10-9-6-2/h6H,5,7H2,1-4H3/b9-6-,10-8-. The Morgan fingerprint density at radius 2 is 2.18 bits per heavy atom. The maximum absolute atomic E-state index is 3.97. The van der Waals surface area contributed by atoms with E-state index in [0.29, 0.717) is 0 Å². The van der Waals surface area contributed by atoms with Crippen molar-refractivity contribution in [2.75, 3.05) is 13.6 Å². The Morgan fingerprint density at radius 3 is 2.64 bits per heavy atom. The lowest BCUT2D eigenvalue weighted by Crippen LogP contribution is -2.24. The molecule has 0 aliphatic heterocycles. The zero-order valence-electron chi connectivity index (χ0n) is 7.83. The van der Waals surface area contributed by atoms with Crippen molar-refractivity contribution < 1.29 is 0 Å². The second-order valence-corrected chi connectivity index (χ2v) is 2.44. The first-order chi connectivity index (χ1) is 5.22. The number of rotatable bonds is 3. The highest BCUT2D eigenvalue weighted by Crippen LogP contribution is 1.89. The van der Waals surface area contributed by atoms with Gasteiger partial charge in [-0.3, -0.25) is 0 Å². The maximum atomic E-state index is 3.97. The smallest absolute Gasteiger partial charge is 0.124 e. The molecule has 0 aromatic heterocycles. The van der Waals surface area contributed by atoms with Crippen LogP contribution in [0.25, 0.3) is 0 Å². The van der Waals surface area contributed by atoms with E-state index in [1.54, 1.807) is 6.21 Å². The third-order valence-corrected chi connectivity index (χ3v) is 1.43. The van der Waals surface area contributed by atoms with Crippen LogP contribution in [0, 0.1) is 0 Å². The van der Waals surface area contributed by atoms with Gasteiger partial charge in [0.25, 0.3) is 0 Å². The van der Waals surface area contributed by atoms with Crippen LogP contribution in [0.5, 0.6) is 0 Å². The van der Waals surface area contributed by atoms with Crippen LogP contribution in [-0.2, 0) is 0 Å². The van der Waals surface area contributed by atoms with E-state index < -0.39 is 0 Å². The number of hydrogen-bond donors (Lipinski definition) is 0. The van der Waals surface area contributed by atoms with Crippen LogP contribution in [0.15, 0.2) is 10.2 Å². The molecule has 0 aromatic rings. The quantitative estimate of drug-likeness (QED) is 0.346. The Hall–Kier alpha value is -0.860. The molecule has 0 rings (SSSR count). The lowest BCUT2D eigenvalue weighted by molar-refractivity contribution is 0.496. The Bertz CT molecular complexity index is 149. The zero-order valence-corrected chi connectivity index (χ0v) is 7.83. The Kier molecular flexibility index (Phi) is 5.43. The molecular weight excluding hydrogens is 138 g/mol. The predicted octanol–water partition coefficient (Wildman–Crippen LogP) is 1.75. The Balaban J connectivity index is 3.89. The minimum Gasteiger partial charge on any atom is -0.362 e. The van der Waals surface area contributed by atoms with Crippen molar-refractivity contribution in [1.29, 1.82) is 0 Å². The van der Waals surface area contributed by atoms with Crippen LogP contribution < -0.4 is 0 Å². The molecule has 0 saturated heterocycles. The number of nitrogens with zero attached hydrogens (tertiary/aromatic N) is 3. The molecule has 0 fully saturated rings. The molecule has 0 spiro atoms. The van der Waals surface area contributed by atoms with Gasteiger partial charge in [-0.25, -0.2) is 0 Å². The molecule has 64 valence electrons. The second-order valence-electron chi connectivity index (χ2n) is 2.44. The highest BCUT2D eigenvalue weighted by atomic mass is 15.3. The fourth-order valence-corrected chi connectivity index (χ4v) is 0.715. The summed E-state index contributed by atoms with van der Waals surface area (Å²) >= 11 is 0. The lowest BCUT2D eigenvalue weighted by Gasteiger charge is -2.15. The molecule has 0 aromatic carbocycles. The highest BCUT2D eigenvalue weighted by Gasteiger charge is 1.96. The van der Waals surface area contributed by atoms with Crippen LogP contribution in [0.3, 0.4) is 0 Å². The third-order valence-electron chi connectivity index (χ3n) is 1.43. The van der Waals surface area contributed by atoms with Crippen LogP contribution in [-0.4, -0.2) is 30.5 Å². The summed E-state index contributed by atoms with van der Waals surface area (Å²) in [6, 6.07) is 0. The van der Waals surface area contributed by atoms with E-state index in [4.69, 9.17) is 0 Å². The highest BCUT2D eigenvalue weighted by molar-refractivity contribution is 5.79. The van der Waals surface area contributed by atoms with Crippen LogP contribution in [0.4, 0.5) is 0 Å². The molecule has 0 radical (unpaired) electrons. The van der Waals surface area contributed by atoms with Crippen LogP contribution in [0.1, 0.15) is 27.2 Å². The zero-order chi connectivity index (χ0) is 8.69. The molecule has 0 unspecified atom stereocenters.